The van der Waals surface area contributed by atoms with Gasteiger partial charge in [0.2, 0.25) is 5.88 Å². The number of aromatic hydroxyl groups is 1. The summed E-state index contributed by atoms with van der Waals surface area (Å²) < 4.78 is 0.944. The third-order valence-corrected chi connectivity index (χ3v) is 4.68. The van der Waals surface area contributed by atoms with Crippen molar-refractivity contribution in [1.29, 1.82) is 0 Å². The van der Waals surface area contributed by atoms with E-state index in [-0.39, 0.29) is 16.9 Å². The van der Waals surface area contributed by atoms with Crippen molar-refractivity contribution in [3.8, 4) is 11.6 Å². The molecular formula is C21H13ClN2O4. The zero-order valence-corrected chi connectivity index (χ0v) is 15.1. The number of H-pyrrole nitrogens is 1. The minimum Gasteiger partial charge on any atom is -0.494 e. The normalized spacial score (nSPS) is 14.3. The third-order valence-electron chi connectivity index (χ3n) is 4.43. The molecule has 1 heterocycles. The van der Waals surface area contributed by atoms with Gasteiger partial charge in [0.1, 0.15) is 5.56 Å². The number of hydrogen-bond donors (Lipinski definition) is 2. The van der Waals surface area contributed by atoms with Crippen LogP contribution in [0.5, 0.6) is 5.88 Å². The number of carbonyl (C=O) groups is 1. The summed E-state index contributed by atoms with van der Waals surface area (Å²) in [5.41, 5.74) is 0.233. The first-order valence-corrected chi connectivity index (χ1v) is 8.71. The van der Waals surface area contributed by atoms with E-state index in [0.29, 0.717) is 16.3 Å². The molecule has 0 aliphatic heterocycles. The summed E-state index contributed by atoms with van der Waals surface area (Å²) in [7, 11) is 0. The largest absolute Gasteiger partial charge is 0.494 e. The molecular weight excluding hydrogens is 380 g/mol. The van der Waals surface area contributed by atoms with E-state index >= 15 is 0 Å². The highest BCUT2D eigenvalue weighted by molar-refractivity contribution is 6.33. The molecule has 2 N–H and O–H groups in total. The molecule has 4 rings (SSSR count). The second kappa shape index (κ2) is 6.83. The summed E-state index contributed by atoms with van der Waals surface area (Å²) in [6.07, 6.45) is 4.38. The van der Waals surface area contributed by atoms with Gasteiger partial charge < -0.3 is 5.11 Å². The minimum absolute atomic E-state index is 0.192. The van der Waals surface area contributed by atoms with Crippen LogP contribution in [0, 0.1) is 0 Å². The average Bonchev–Trinajstić information content (AvgIpc) is 2.68. The Kier molecular flexibility index (Phi) is 4.33. The van der Waals surface area contributed by atoms with E-state index in [0.717, 1.165) is 10.1 Å². The fraction of sp³-hybridized carbons (Fsp3) is 0. The summed E-state index contributed by atoms with van der Waals surface area (Å²) >= 11 is 5.87. The number of carbonyl (C=O) groups excluding carboxylic acids is 1. The third kappa shape index (κ3) is 3.00. The van der Waals surface area contributed by atoms with E-state index in [1.54, 1.807) is 30.3 Å². The molecule has 7 heteroatoms. The molecule has 0 fully saturated rings. The van der Waals surface area contributed by atoms with E-state index in [4.69, 9.17) is 11.6 Å². The van der Waals surface area contributed by atoms with Crippen LogP contribution in [-0.2, 0) is 4.79 Å². The number of halogens is 1. The molecule has 0 unspecified atom stereocenters. The number of rotatable bonds is 2. The zero-order valence-electron chi connectivity index (χ0n) is 14.3. The maximum Gasteiger partial charge on any atom is 0.335 e. The van der Waals surface area contributed by atoms with Crippen molar-refractivity contribution in [3.05, 3.63) is 97.2 Å². The second-order valence-electron chi connectivity index (χ2n) is 6.15. The highest BCUT2D eigenvalue weighted by atomic mass is 35.5. The standard InChI is InChI=1S/C21H13ClN2O4/c22-13-6-8-14(9-7-13)24-20(27)17(19(26)23-21(24)28)11-16-15-4-2-1-3-12(15)5-10-18(16)25/h1-11,27H,(H,23,26,28). The Morgan fingerprint density at radius 2 is 1.68 bits per heavy atom. The van der Waals surface area contributed by atoms with E-state index in [9.17, 15) is 19.5 Å². The van der Waals surface area contributed by atoms with Gasteiger partial charge in [-0.05, 0) is 47.5 Å². The van der Waals surface area contributed by atoms with Crippen molar-refractivity contribution in [2.45, 2.75) is 0 Å². The van der Waals surface area contributed by atoms with Crippen LogP contribution in [0.4, 0.5) is 0 Å². The van der Waals surface area contributed by atoms with Crippen LogP contribution in [0.3, 0.4) is 0 Å². The predicted octanol–water partition coefficient (Wildman–Crippen LogP) is 3.02. The number of nitrogens with zero attached hydrogens (tertiary/aromatic N) is 1. The van der Waals surface area contributed by atoms with E-state index in [1.807, 2.05) is 12.1 Å². The van der Waals surface area contributed by atoms with Gasteiger partial charge in [-0.15, -0.1) is 0 Å². The molecule has 1 aliphatic rings. The molecule has 6 nitrogen and oxygen atoms in total. The summed E-state index contributed by atoms with van der Waals surface area (Å²) in [4.78, 5) is 39.2. The monoisotopic (exact) mass is 392 g/mol. The minimum atomic E-state index is -0.803. The lowest BCUT2D eigenvalue weighted by Crippen LogP contribution is -2.30. The first-order chi connectivity index (χ1) is 13.5. The maximum absolute atomic E-state index is 12.4. The quantitative estimate of drug-likeness (QED) is 0.656. The highest BCUT2D eigenvalue weighted by Gasteiger charge is 2.20. The molecule has 0 saturated heterocycles. The second-order valence-corrected chi connectivity index (χ2v) is 6.59. The highest BCUT2D eigenvalue weighted by Crippen LogP contribution is 2.29. The zero-order chi connectivity index (χ0) is 19.8. The van der Waals surface area contributed by atoms with Crippen molar-refractivity contribution in [3.63, 3.8) is 0 Å². The summed E-state index contributed by atoms with van der Waals surface area (Å²) in [6.45, 7) is 0. The van der Waals surface area contributed by atoms with Gasteiger partial charge in [0, 0.05) is 10.6 Å². The number of benzene rings is 2. The van der Waals surface area contributed by atoms with Gasteiger partial charge >= 0.3 is 5.69 Å². The number of aromatic nitrogens is 2. The van der Waals surface area contributed by atoms with Gasteiger partial charge in [0.05, 0.1) is 5.69 Å². The number of hydrogen-bond acceptors (Lipinski definition) is 4. The Balaban J connectivity index is 1.96. The molecule has 0 radical (unpaired) electrons. The van der Waals surface area contributed by atoms with Crippen molar-refractivity contribution in [2.75, 3.05) is 0 Å². The lowest BCUT2D eigenvalue weighted by atomic mass is 9.90. The van der Waals surface area contributed by atoms with E-state index in [2.05, 4.69) is 4.98 Å². The molecule has 1 aromatic heterocycles. The molecule has 28 heavy (non-hydrogen) atoms. The average molecular weight is 393 g/mol. The molecule has 0 atom stereocenters. The van der Waals surface area contributed by atoms with Gasteiger partial charge in [-0.3, -0.25) is 14.6 Å². The Morgan fingerprint density at radius 3 is 2.43 bits per heavy atom. The number of fused-ring (bicyclic) bond motifs is 1. The van der Waals surface area contributed by atoms with Crippen molar-refractivity contribution < 1.29 is 9.90 Å². The molecule has 138 valence electrons. The molecule has 1 aliphatic carbocycles. The van der Waals surface area contributed by atoms with Crippen LogP contribution in [0.15, 0.2) is 64.2 Å². The summed E-state index contributed by atoms with van der Waals surface area (Å²) in [5.74, 6) is -0.870. The summed E-state index contributed by atoms with van der Waals surface area (Å²) in [5, 5.41) is 11.1. The molecule has 0 spiro atoms. The van der Waals surface area contributed by atoms with Crippen LogP contribution in [0.1, 0.15) is 16.7 Å². The van der Waals surface area contributed by atoms with Crippen molar-refractivity contribution in [2.24, 2.45) is 0 Å². The summed E-state index contributed by atoms with van der Waals surface area (Å²) in [6, 6.07) is 13.4. The van der Waals surface area contributed by atoms with Crippen molar-refractivity contribution >= 4 is 35.1 Å². The maximum atomic E-state index is 12.4. The number of aromatic amines is 1. The molecule has 0 amide bonds. The van der Waals surface area contributed by atoms with Gasteiger partial charge in [-0.25, -0.2) is 9.36 Å². The van der Waals surface area contributed by atoms with E-state index in [1.165, 1.54) is 24.3 Å². The van der Waals surface area contributed by atoms with Crippen LogP contribution in [0.25, 0.3) is 23.4 Å². The molecule has 0 bridgehead atoms. The molecule has 0 saturated carbocycles. The fourth-order valence-corrected chi connectivity index (χ4v) is 3.19. The number of ketones is 1. The number of nitrogens with one attached hydrogen (secondary N) is 1. The first-order valence-electron chi connectivity index (χ1n) is 8.33. The van der Waals surface area contributed by atoms with Gasteiger partial charge in [-0.1, -0.05) is 41.9 Å². The lowest BCUT2D eigenvalue weighted by Gasteiger charge is -2.14. The van der Waals surface area contributed by atoms with Crippen LogP contribution >= 0.6 is 11.6 Å². The Hall–Kier alpha value is -3.64. The number of allylic oxidation sites excluding steroid dienone is 2. The van der Waals surface area contributed by atoms with Gasteiger partial charge in [-0.2, -0.15) is 0 Å². The van der Waals surface area contributed by atoms with E-state index < -0.39 is 17.1 Å². The Morgan fingerprint density at radius 1 is 0.964 bits per heavy atom. The molecule has 2 aromatic carbocycles. The topological polar surface area (TPSA) is 92.2 Å². The Bertz CT molecular complexity index is 1280. The van der Waals surface area contributed by atoms with Crippen LogP contribution in [-0.4, -0.2) is 20.4 Å². The lowest BCUT2D eigenvalue weighted by molar-refractivity contribution is -0.109. The van der Waals surface area contributed by atoms with Crippen LogP contribution < -0.4 is 11.2 Å². The van der Waals surface area contributed by atoms with Crippen LogP contribution in [0.2, 0.25) is 5.02 Å². The SMILES string of the molecule is O=C1C=Cc2ccccc2C1=Cc1c(O)n(-c2ccc(Cl)cc2)c(=O)[nH]c1=O. The smallest absolute Gasteiger partial charge is 0.335 e. The first kappa shape index (κ1) is 17.8. The fourth-order valence-electron chi connectivity index (χ4n) is 3.07. The predicted molar refractivity (Wildman–Crippen MR) is 108 cm³/mol. The van der Waals surface area contributed by atoms with Gasteiger partial charge in [0.25, 0.3) is 5.56 Å². The van der Waals surface area contributed by atoms with Crippen molar-refractivity contribution in [1.82, 2.24) is 9.55 Å². The Labute approximate surface area is 163 Å². The molecule has 3 aromatic rings. The van der Waals surface area contributed by atoms with Gasteiger partial charge in [0.15, 0.2) is 5.78 Å².